The molecule has 0 aliphatic rings. The van der Waals surface area contributed by atoms with Crippen LogP contribution in [-0.4, -0.2) is 41.2 Å². The second-order valence-electron chi connectivity index (χ2n) is 7.01. The Hall–Kier alpha value is -2.64. The summed E-state index contributed by atoms with van der Waals surface area (Å²) in [5.74, 6) is -0.701. The molecule has 2 aromatic rings. The number of aromatic hydroxyl groups is 1. The van der Waals surface area contributed by atoms with Gasteiger partial charge in [0.1, 0.15) is 11.4 Å². The number of halogens is 1. The fraction of sp³-hybridized carbons (Fsp3) is 0.350. The largest absolute Gasteiger partial charge is 0.508 e. The van der Waals surface area contributed by atoms with Crippen LogP contribution < -0.4 is 10.6 Å². The van der Waals surface area contributed by atoms with Gasteiger partial charge in [0, 0.05) is 41.7 Å². The first-order chi connectivity index (χ1) is 13.2. The van der Waals surface area contributed by atoms with Crippen LogP contribution in [-0.2, 0) is 16.0 Å². The lowest BCUT2D eigenvalue weighted by Crippen LogP contribution is -2.44. The van der Waals surface area contributed by atoms with E-state index in [1.807, 2.05) is 13.8 Å². The average molecular weight is 406 g/mol. The van der Waals surface area contributed by atoms with Crippen molar-refractivity contribution in [1.29, 1.82) is 0 Å². The Bertz CT molecular complexity index is 855. The highest BCUT2D eigenvalue weighted by molar-refractivity contribution is 6.30. The van der Waals surface area contributed by atoms with Crippen LogP contribution in [0.4, 0.5) is 5.69 Å². The predicted octanol–water partition coefficient (Wildman–Crippen LogP) is 3.17. The number of carbonyl (C=O) groups is 2. The van der Waals surface area contributed by atoms with Gasteiger partial charge in [0.2, 0.25) is 5.91 Å². The SMILES string of the molecule is COCCC(C)(C)NC(=O)c1cc(NC(=O)Cc2cc(Cl)ccc2O)ccn1. The van der Waals surface area contributed by atoms with Gasteiger partial charge in [0.15, 0.2) is 0 Å². The summed E-state index contributed by atoms with van der Waals surface area (Å²) in [5, 5.41) is 15.9. The van der Waals surface area contributed by atoms with E-state index in [-0.39, 0.29) is 29.7 Å². The Morgan fingerprint density at radius 3 is 2.71 bits per heavy atom. The number of anilines is 1. The quantitative estimate of drug-likeness (QED) is 0.626. The van der Waals surface area contributed by atoms with Crippen molar-refractivity contribution in [1.82, 2.24) is 10.3 Å². The number of aromatic nitrogens is 1. The summed E-state index contributed by atoms with van der Waals surface area (Å²) in [6, 6.07) is 7.59. The number of methoxy groups -OCH3 is 1. The molecule has 1 heterocycles. The maximum Gasteiger partial charge on any atom is 0.270 e. The normalized spacial score (nSPS) is 11.1. The molecule has 0 aliphatic heterocycles. The lowest BCUT2D eigenvalue weighted by atomic mass is 10.0. The second-order valence-corrected chi connectivity index (χ2v) is 7.44. The van der Waals surface area contributed by atoms with Crippen molar-refractivity contribution in [2.24, 2.45) is 0 Å². The number of phenolic OH excluding ortho intramolecular Hbond substituents is 1. The van der Waals surface area contributed by atoms with Gasteiger partial charge in [-0.25, -0.2) is 0 Å². The van der Waals surface area contributed by atoms with E-state index >= 15 is 0 Å². The molecule has 1 aromatic heterocycles. The molecule has 0 atom stereocenters. The fourth-order valence-corrected chi connectivity index (χ4v) is 2.69. The number of nitrogens with zero attached hydrogens (tertiary/aromatic N) is 1. The van der Waals surface area contributed by atoms with Gasteiger partial charge in [-0.3, -0.25) is 14.6 Å². The number of benzene rings is 1. The molecule has 0 bridgehead atoms. The molecule has 7 nitrogen and oxygen atoms in total. The molecule has 1 aromatic carbocycles. The summed E-state index contributed by atoms with van der Waals surface area (Å²) in [6.07, 6.45) is 2.04. The van der Waals surface area contributed by atoms with Crippen molar-refractivity contribution in [2.45, 2.75) is 32.2 Å². The number of rotatable bonds is 8. The lowest BCUT2D eigenvalue weighted by Gasteiger charge is -2.25. The van der Waals surface area contributed by atoms with Crippen molar-refractivity contribution < 1.29 is 19.4 Å². The Morgan fingerprint density at radius 2 is 2.00 bits per heavy atom. The average Bonchev–Trinajstić information content (AvgIpc) is 2.63. The van der Waals surface area contributed by atoms with Gasteiger partial charge in [-0.15, -0.1) is 0 Å². The molecule has 3 N–H and O–H groups in total. The van der Waals surface area contributed by atoms with Crippen LogP contribution in [0.15, 0.2) is 36.5 Å². The highest BCUT2D eigenvalue weighted by atomic mass is 35.5. The third kappa shape index (κ3) is 6.51. The van der Waals surface area contributed by atoms with Crippen molar-refractivity contribution in [3.05, 3.63) is 52.8 Å². The van der Waals surface area contributed by atoms with E-state index in [2.05, 4.69) is 15.6 Å². The Kier molecular flexibility index (Phi) is 7.37. The number of hydrogen-bond acceptors (Lipinski definition) is 5. The summed E-state index contributed by atoms with van der Waals surface area (Å²) in [5.41, 5.74) is 0.574. The molecule has 150 valence electrons. The minimum atomic E-state index is -0.460. The van der Waals surface area contributed by atoms with Crippen molar-refractivity contribution >= 4 is 29.1 Å². The van der Waals surface area contributed by atoms with Crippen LogP contribution in [0.25, 0.3) is 0 Å². The number of amides is 2. The van der Waals surface area contributed by atoms with E-state index < -0.39 is 5.54 Å². The third-order valence-corrected chi connectivity index (χ3v) is 4.29. The molecule has 0 unspecified atom stereocenters. The van der Waals surface area contributed by atoms with Crippen molar-refractivity contribution in [3.63, 3.8) is 0 Å². The Morgan fingerprint density at radius 1 is 1.25 bits per heavy atom. The molecule has 0 radical (unpaired) electrons. The van der Waals surface area contributed by atoms with E-state index in [1.165, 1.54) is 24.4 Å². The molecule has 8 heteroatoms. The van der Waals surface area contributed by atoms with Gasteiger partial charge in [0.05, 0.1) is 6.42 Å². The van der Waals surface area contributed by atoms with E-state index in [0.29, 0.717) is 29.3 Å². The zero-order valence-corrected chi connectivity index (χ0v) is 16.8. The third-order valence-electron chi connectivity index (χ3n) is 4.05. The Labute approximate surface area is 169 Å². The molecule has 0 aliphatic carbocycles. The summed E-state index contributed by atoms with van der Waals surface area (Å²) < 4.78 is 5.05. The van der Waals surface area contributed by atoms with E-state index in [1.54, 1.807) is 19.2 Å². The first kappa shape index (κ1) is 21.7. The summed E-state index contributed by atoms with van der Waals surface area (Å²) in [6.45, 7) is 4.31. The standard InChI is InChI=1S/C20H24ClN3O4/c1-20(2,7-9-28-3)24-19(27)16-12-15(6-8-22-16)23-18(26)11-13-10-14(21)4-5-17(13)25/h4-6,8,10,12,25H,7,9,11H2,1-3H3,(H,24,27)(H,22,23,26). The number of carbonyl (C=O) groups excluding carboxylic acids is 2. The summed E-state index contributed by atoms with van der Waals surface area (Å²) >= 11 is 5.90. The number of ether oxygens (including phenoxy) is 1. The number of nitrogens with one attached hydrogen (secondary N) is 2. The molecule has 0 saturated heterocycles. The molecule has 0 saturated carbocycles. The lowest BCUT2D eigenvalue weighted by molar-refractivity contribution is -0.115. The van der Waals surface area contributed by atoms with Crippen LogP contribution in [0.2, 0.25) is 5.02 Å². The van der Waals surface area contributed by atoms with Gasteiger partial charge in [-0.05, 0) is 50.6 Å². The van der Waals surface area contributed by atoms with Crippen LogP contribution in [0.1, 0.15) is 36.3 Å². The van der Waals surface area contributed by atoms with Crippen LogP contribution in [0.3, 0.4) is 0 Å². The first-order valence-corrected chi connectivity index (χ1v) is 9.13. The summed E-state index contributed by atoms with van der Waals surface area (Å²) in [7, 11) is 1.61. The van der Waals surface area contributed by atoms with E-state index in [0.717, 1.165) is 0 Å². The van der Waals surface area contributed by atoms with Crippen molar-refractivity contribution in [2.75, 3.05) is 19.0 Å². The van der Waals surface area contributed by atoms with Crippen LogP contribution in [0, 0.1) is 0 Å². The van der Waals surface area contributed by atoms with Crippen molar-refractivity contribution in [3.8, 4) is 5.75 Å². The maximum absolute atomic E-state index is 12.5. The van der Waals surface area contributed by atoms with E-state index in [4.69, 9.17) is 16.3 Å². The molecular formula is C20H24ClN3O4. The van der Waals surface area contributed by atoms with Crippen LogP contribution in [0.5, 0.6) is 5.75 Å². The minimum absolute atomic E-state index is 0.00682. The van der Waals surface area contributed by atoms with Gasteiger partial charge in [-0.2, -0.15) is 0 Å². The molecule has 28 heavy (non-hydrogen) atoms. The van der Waals surface area contributed by atoms with Crippen LogP contribution >= 0.6 is 11.6 Å². The molecule has 0 fully saturated rings. The zero-order chi connectivity index (χ0) is 20.7. The predicted molar refractivity (Wildman–Crippen MR) is 108 cm³/mol. The topological polar surface area (TPSA) is 101 Å². The van der Waals surface area contributed by atoms with Gasteiger partial charge in [-0.1, -0.05) is 11.6 Å². The molecular weight excluding hydrogens is 382 g/mol. The monoisotopic (exact) mass is 405 g/mol. The highest BCUT2D eigenvalue weighted by Gasteiger charge is 2.22. The molecule has 0 spiro atoms. The van der Waals surface area contributed by atoms with Gasteiger partial charge >= 0.3 is 0 Å². The highest BCUT2D eigenvalue weighted by Crippen LogP contribution is 2.22. The fourth-order valence-electron chi connectivity index (χ4n) is 2.50. The smallest absolute Gasteiger partial charge is 0.270 e. The second kappa shape index (κ2) is 9.52. The maximum atomic E-state index is 12.5. The minimum Gasteiger partial charge on any atom is -0.508 e. The summed E-state index contributed by atoms with van der Waals surface area (Å²) in [4.78, 5) is 28.8. The number of phenols is 1. The zero-order valence-electron chi connectivity index (χ0n) is 16.1. The van der Waals surface area contributed by atoms with E-state index in [9.17, 15) is 14.7 Å². The number of pyridine rings is 1. The van der Waals surface area contributed by atoms with Gasteiger partial charge < -0.3 is 20.5 Å². The molecule has 2 rings (SSSR count). The first-order valence-electron chi connectivity index (χ1n) is 8.75. The van der Waals surface area contributed by atoms with Gasteiger partial charge in [0.25, 0.3) is 5.91 Å². The number of hydrogen-bond donors (Lipinski definition) is 3. The Balaban J connectivity index is 2.03. The molecule has 2 amide bonds.